The fraction of sp³-hybridized carbons (Fsp3) is 0.0566. The van der Waals surface area contributed by atoms with Crippen LogP contribution in [-0.2, 0) is 0 Å². The van der Waals surface area contributed by atoms with Crippen molar-refractivity contribution < 1.29 is 4.42 Å². The van der Waals surface area contributed by atoms with E-state index in [0.717, 1.165) is 82.7 Å². The Morgan fingerprint density at radius 1 is 0.567 bits per heavy atom. The molecule has 0 amide bonds. The van der Waals surface area contributed by atoms with E-state index in [1.54, 1.807) is 0 Å². The van der Waals surface area contributed by atoms with Gasteiger partial charge < -0.3 is 13.6 Å². The molecule has 0 spiro atoms. The highest BCUT2D eigenvalue weighted by Gasteiger charge is 2.26. The summed E-state index contributed by atoms with van der Waals surface area (Å²) in [6.07, 6.45) is 8.44. The number of para-hydroxylation sites is 3. The van der Waals surface area contributed by atoms with E-state index in [4.69, 9.17) is 19.4 Å². The monoisotopic (exact) mass is 770 g/mol. The summed E-state index contributed by atoms with van der Waals surface area (Å²) in [7, 11) is 0. The van der Waals surface area contributed by atoms with Crippen LogP contribution in [0.2, 0.25) is 0 Å². The Morgan fingerprint density at radius 3 is 1.95 bits per heavy atom. The maximum Gasteiger partial charge on any atom is 0.163 e. The first kappa shape index (κ1) is 34.0. The van der Waals surface area contributed by atoms with Gasteiger partial charge in [0, 0.05) is 49.7 Å². The minimum atomic E-state index is -0.00656. The van der Waals surface area contributed by atoms with Crippen LogP contribution in [0.1, 0.15) is 24.2 Å². The lowest BCUT2D eigenvalue weighted by atomic mass is 9.89. The van der Waals surface area contributed by atoms with Gasteiger partial charge in [0.25, 0.3) is 0 Å². The average molecular weight is 771 g/mol. The molecule has 60 heavy (non-hydrogen) atoms. The SMILES string of the molecule is CC1C=CC=CC1c1nc(-c2ccccc2)nc(-c2ccc(-n3c4ccccc4c4ccc5c(oc6ccc7c8ccccc8n(-c8ccccc8)c7c65)c43)c(C#N)c2)n1. The minimum absolute atomic E-state index is 0.00656. The van der Waals surface area contributed by atoms with Crippen LogP contribution < -0.4 is 0 Å². The first-order valence-electron chi connectivity index (χ1n) is 20.2. The molecular weight excluding hydrogens is 737 g/mol. The maximum atomic E-state index is 11.0. The Bertz CT molecular complexity index is 3640. The molecule has 7 heteroatoms. The molecule has 0 saturated heterocycles. The average Bonchev–Trinajstić information content (AvgIpc) is 3.97. The van der Waals surface area contributed by atoms with Crippen molar-refractivity contribution in [1.82, 2.24) is 24.1 Å². The number of aromatic nitrogens is 5. The predicted octanol–water partition coefficient (Wildman–Crippen LogP) is 13.0. The molecule has 282 valence electrons. The molecule has 7 nitrogen and oxygen atoms in total. The number of fused-ring (bicyclic) bond motifs is 11. The van der Waals surface area contributed by atoms with E-state index in [1.807, 2.05) is 54.6 Å². The number of nitrogens with zero attached hydrogens (tertiary/aromatic N) is 6. The first-order chi connectivity index (χ1) is 29.6. The lowest BCUT2D eigenvalue weighted by Gasteiger charge is -2.20. The smallest absolute Gasteiger partial charge is 0.163 e. The summed E-state index contributed by atoms with van der Waals surface area (Å²) >= 11 is 0. The number of nitriles is 1. The number of rotatable bonds is 5. The second kappa shape index (κ2) is 13.2. The Kier molecular flexibility index (Phi) is 7.50. The summed E-state index contributed by atoms with van der Waals surface area (Å²) in [6, 6.07) is 54.6. The summed E-state index contributed by atoms with van der Waals surface area (Å²) in [5.41, 5.74) is 9.66. The van der Waals surface area contributed by atoms with E-state index >= 15 is 0 Å². The number of benzene rings is 7. The third kappa shape index (κ3) is 5.04. The van der Waals surface area contributed by atoms with Crippen molar-refractivity contribution in [3.8, 4) is 40.2 Å². The third-order valence-corrected chi connectivity index (χ3v) is 12.1. The van der Waals surface area contributed by atoms with Gasteiger partial charge in [0.2, 0.25) is 0 Å². The quantitative estimate of drug-likeness (QED) is 0.174. The van der Waals surface area contributed by atoms with Crippen LogP contribution >= 0.6 is 0 Å². The van der Waals surface area contributed by atoms with Gasteiger partial charge in [-0.05, 0) is 66.6 Å². The highest BCUT2D eigenvalue weighted by Crippen LogP contribution is 2.45. The topological polar surface area (TPSA) is 85.5 Å². The molecule has 12 rings (SSSR count). The van der Waals surface area contributed by atoms with Crippen LogP contribution in [0.25, 0.3) is 99.7 Å². The minimum Gasteiger partial charge on any atom is -0.454 e. The van der Waals surface area contributed by atoms with Crippen molar-refractivity contribution in [2.75, 3.05) is 0 Å². The van der Waals surface area contributed by atoms with Gasteiger partial charge in [-0.15, -0.1) is 0 Å². The van der Waals surface area contributed by atoms with Crippen molar-refractivity contribution in [2.24, 2.45) is 5.92 Å². The first-order valence-corrected chi connectivity index (χ1v) is 20.2. The fourth-order valence-electron chi connectivity index (χ4n) is 9.30. The van der Waals surface area contributed by atoms with Crippen molar-refractivity contribution in [3.05, 3.63) is 187 Å². The molecule has 11 aromatic rings. The van der Waals surface area contributed by atoms with Gasteiger partial charge in [0.15, 0.2) is 17.2 Å². The van der Waals surface area contributed by atoms with E-state index in [2.05, 4.69) is 143 Å². The molecule has 0 radical (unpaired) electrons. The normalized spacial score (nSPS) is 15.3. The number of hydrogen-bond donors (Lipinski definition) is 0. The second-order valence-electron chi connectivity index (χ2n) is 15.5. The summed E-state index contributed by atoms with van der Waals surface area (Å²) in [5.74, 6) is 2.03. The fourth-order valence-corrected chi connectivity index (χ4v) is 9.30. The zero-order valence-corrected chi connectivity index (χ0v) is 32.5. The Hall–Kier alpha value is -8.08. The van der Waals surface area contributed by atoms with Crippen LogP contribution in [0, 0.1) is 17.2 Å². The van der Waals surface area contributed by atoms with E-state index in [0.29, 0.717) is 23.0 Å². The molecule has 4 heterocycles. The molecule has 0 bridgehead atoms. The molecule has 7 aromatic carbocycles. The van der Waals surface area contributed by atoms with Gasteiger partial charge in [-0.2, -0.15) is 5.26 Å². The van der Waals surface area contributed by atoms with Crippen LogP contribution in [0.15, 0.2) is 180 Å². The van der Waals surface area contributed by atoms with E-state index in [1.165, 1.54) is 5.39 Å². The van der Waals surface area contributed by atoms with E-state index < -0.39 is 0 Å². The highest BCUT2D eigenvalue weighted by atomic mass is 16.3. The standard InChI is InChI=1S/C53H34N6O/c1-32-14-8-9-19-37(32)53-56-51(33-15-4-2-5-16-33)55-52(57-53)34-24-28-43(35(30-34)31-54)59-45-23-13-11-21-39(45)41-25-26-42-47-46(60-50(42)49(41)59)29-27-40-38-20-10-12-22-44(38)58(48(40)47)36-17-6-3-7-18-36/h2-30,32,37H,1H3. The van der Waals surface area contributed by atoms with E-state index in [-0.39, 0.29) is 11.8 Å². The number of hydrogen-bond acceptors (Lipinski definition) is 5. The summed E-state index contributed by atoms with van der Waals surface area (Å²) in [4.78, 5) is 15.0. The van der Waals surface area contributed by atoms with Crippen LogP contribution in [-0.4, -0.2) is 24.1 Å². The van der Waals surface area contributed by atoms with Crippen LogP contribution in [0.5, 0.6) is 0 Å². The Balaban J connectivity index is 1.11. The van der Waals surface area contributed by atoms with Gasteiger partial charge in [0.05, 0.1) is 38.7 Å². The molecule has 4 aromatic heterocycles. The molecular formula is C53H34N6O. The maximum absolute atomic E-state index is 11.0. The van der Waals surface area contributed by atoms with Crippen molar-refractivity contribution in [3.63, 3.8) is 0 Å². The largest absolute Gasteiger partial charge is 0.454 e. The molecule has 1 aliphatic carbocycles. The highest BCUT2D eigenvalue weighted by molar-refractivity contribution is 6.28. The molecule has 0 saturated carbocycles. The molecule has 2 atom stereocenters. The van der Waals surface area contributed by atoms with Gasteiger partial charge >= 0.3 is 0 Å². The van der Waals surface area contributed by atoms with Gasteiger partial charge in [0.1, 0.15) is 17.5 Å². The number of furan rings is 1. The van der Waals surface area contributed by atoms with Gasteiger partial charge in [-0.25, -0.2) is 15.0 Å². The lowest BCUT2D eigenvalue weighted by molar-refractivity contribution is 0.600. The zero-order valence-electron chi connectivity index (χ0n) is 32.5. The van der Waals surface area contributed by atoms with Crippen molar-refractivity contribution >= 4 is 65.6 Å². The molecule has 0 fully saturated rings. The molecule has 1 aliphatic rings. The van der Waals surface area contributed by atoms with Crippen LogP contribution in [0.3, 0.4) is 0 Å². The Labute approximate surface area is 344 Å². The van der Waals surface area contributed by atoms with Gasteiger partial charge in [-0.1, -0.05) is 122 Å². The van der Waals surface area contributed by atoms with Crippen LogP contribution in [0.4, 0.5) is 0 Å². The zero-order chi connectivity index (χ0) is 39.9. The van der Waals surface area contributed by atoms with Gasteiger partial charge in [-0.3, -0.25) is 0 Å². The summed E-state index contributed by atoms with van der Waals surface area (Å²) in [5, 5.41) is 17.5. The predicted molar refractivity (Wildman–Crippen MR) is 242 cm³/mol. The van der Waals surface area contributed by atoms with E-state index in [9.17, 15) is 5.26 Å². The van der Waals surface area contributed by atoms with Crippen molar-refractivity contribution in [2.45, 2.75) is 12.8 Å². The summed E-state index contributed by atoms with van der Waals surface area (Å²) in [6.45, 7) is 2.18. The Morgan fingerprint density at radius 2 is 1.20 bits per heavy atom. The van der Waals surface area contributed by atoms with Crippen molar-refractivity contribution in [1.29, 1.82) is 5.26 Å². The second-order valence-corrected chi connectivity index (χ2v) is 15.5. The lowest BCUT2D eigenvalue weighted by Crippen LogP contribution is -2.13. The number of allylic oxidation sites excluding steroid dienone is 4. The molecule has 2 unspecified atom stereocenters. The third-order valence-electron chi connectivity index (χ3n) is 12.1. The summed E-state index contributed by atoms with van der Waals surface area (Å²) < 4.78 is 11.5. The molecule has 0 aliphatic heterocycles. The molecule has 0 N–H and O–H groups in total.